The van der Waals surface area contributed by atoms with Crippen molar-refractivity contribution in [2.75, 3.05) is 0 Å². The molecule has 298 valence electrons. The molecule has 0 fully saturated rings. The maximum Gasteiger partial charge on any atom is 0.416 e. The van der Waals surface area contributed by atoms with Crippen LogP contribution >= 0.6 is 0 Å². The van der Waals surface area contributed by atoms with Crippen molar-refractivity contribution >= 4 is 43.6 Å². The van der Waals surface area contributed by atoms with Crippen molar-refractivity contribution in [2.45, 2.75) is 33.9 Å². The van der Waals surface area contributed by atoms with Gasteiger partial charge in [-0.2, -0.15) is 23.7 Å². The molecule has 0 N–H and O–H groups in total. The smallest absolute Gasteiger partial charge is 0.307 e. The Labute approximate surface area is 351 Å². The molecule has 0 aliphatic heterocycles. The van der Waals surface area contributed by atoms with Gasteiger partial charge in [0.25, 0.3) is 0 Å². The molecule has 4 heterocycles. The normalized spacial score (nSPS) is 11.8. The summed E-state index contributed by atoms with van der Waals surface area (Å²) in [6.07, 6.45) is -4.74. The molecule has 62 heavy (non-hydrogen) atoms. The number of nitrogens with zero attached hydrogens (tertiary/aromatic N) is 10. The Kier molecular flexibility index (Phi) is 8.68. The van der Waals surface area contributed by atoms with Crippen molar-refractivity contribution in [3.8, 4) is 57.4 Å². The molecule has 0 aliphatic carbocycles. The molecule has 0 radical (unpaired) electrons. The molecule has 0 saturated carbocycles. The van der Waals surface area contributed by atoms with E-state index in [-0.39, 0.29) is 22.3 Å². The third-order valence-corrected chi connectivity index (χ3v) is 11.0. The minimum Gasteiger partial charge on any atom is -0.307 e. The Morgan fingerprint density at radius 2 is 0.935 bits per heavy atom. The van der Waals surface area contributed by atoms with E-state index in [0.29, 0.717) is 46.3 Å². The summed E-state index contributed by atoms with van der Waals surface area (Å²) in [6.45, 7) is 7.29. The van der Waals surface area contributed by atoms with Gasteiger partial charge in [0.05, 0.1) is 62.3 Å². The van der Waals surface area contributed by atoms with Gasteiger partial charge in [-0.1, -0.05) is 36.4 Å². The average Bonchev–Trinajstić information content (AvgIpc) is 3.76. The van der Waals surface area contributed by atoms with Crippen molar-refractivity contribution in [1.29, 1.82) is 10.5 Å². The summed E-state index contributed by atoms with van der Waals surface area (Å²) in [6, 6.07) is 38.6. The van der Waals surface area contributed by atoms with E-state index < -0.39 is 11.7 Å². The van der Waals surface area contributed by atoms with Crippen LogP contribution in [0.1, 0.15) is 40.0 Å². The molecule has 0 amide bonds. The highest BCUT2D eigenvalue weighted by molar-refractivity contribution is 6.13. The molecule has 4 aromatic heterocycles. The van der Waals surface area contributed by atoms with Crippen molar-refractivity contribution in [1.82, 2.24) is 39.0 Å². The van der Waals surface area contributed by atoms with E-state index in [0.717, 1.165) is 66.9 Å². The highest BCUT2D eigenvalue weighted by atomic mass is 19.4. The predicted octanol–water partition coefficient (Wildman–Crippen LogP) is 11.2. The minimum absolute atomic E-state index is 0.0826. The lowest BCUT2D eigenvalue weighted by atomic mass is 9.95. The number of nitriles is 2. The number of para-hydroxylation sites is 2. The van der Waals surface area contributed by atoms with Crippen LogP contribution in [0.25, 0.3) is 88.9 Å². The lowest BCUT2D eigenvalue weighted by molar-refractivity contribution is -0.137. The number of fused-ring (bicyclic) bond motifs is 6. The van der Waals surface area contributed by atoms with Crippen molar-refractivity contribution in [3.05, 3.63) is 155 Å². The number of alkyl halides is 3. The number of rotatable bonds is 5. The van der Waals surface area contributed by atoms with E-state index >= 15 is 0 Å². The van der Waals surface area contributed by atoms with Crippen LogP contribution in [0.15, 0.2) is 115 Å². The van der Waals surface area contributed by atoms with E-state index in [1.54, 1.807) is 12.1 Å². The van der Waals surface area contributed by atoms with Gasteiger partial charge in [-0.3, -0.25) is 0 Å². The average molecular weight is 817 g/mol. The summed E-state index contributed by atoms with van der Waals surface area (Å²) in [4.78, 5) is 27.2. The highest BCUT2D eigenvalue weighted by Crippen LogP contribution is 2.43. The van der Waals surface area contributed by atoms with Crippen LogP contribution in [-0.2, 0) is 6.18 Å². The molecule has 10 nitrogen and oxygen atoms in total. The van der Waals surface area contributed by atoms with Gasteiger partial charge >= 0.3 is 6.18 Å². The van der Waals surface area contributed by atoms with Crippen molar-refractivity contribution in [3.63, 3.8) is 0 Å². The standard InChI is InChI=1S/C49H31F3N10/c1-26-55-27(2)58-47(57-26)31-13-15-43-39(20-31)36-9-5-7-11-41(36)61(43)45-22-34(25-54)38(33-17-30(24-53)18-35(19-33)49(50,51)52)23-46(45)62-42-12-8-6-10-37(42)40-21-32(14-16-44(40)62)48-59-28(3)56-29(4)60-48/h5-23H,1-4H3. The fourth-order valence-corrected chi connectivity index (χ4v) is 8.51. The van der Waals surface area contributed by atoms with Gasteiger partial charge < -0.3 is 9.13 Å². The molecule has 0 aliphatic rings. The second kappa shape index (κ2) is 14.2. The fourth-order valence-electron chi connectivity index (χ4n) is 8.51. The van der Waals surface area contributed by atoms with E-state index in [4.69, 9.17) is 0 Å². The van der Waals surface area contributed by atoms with E-state index in [9.17, 15) is 23.7 Å². The number of aryl methyl sites for hydroxylation is 4. The second-order valence-corrected chi connectivity index (χ2v) is 15.1. The summed E-state index contributed by atoms with van der Waals surface area (Å²) in [5.41, 5.74) is 5.26. The fraction of sp³-hybridized carbons (Fsp3) is 0.102. The Balaban J connectivity index is 1.32. The van der Waals surface area contributed by atoms with Gasteiger partial charge in [0.2, 0.25) is 0 Å². The van der Waals surface area contributed by atoms with E-state index in [1.165, 1.54) is 6.07 Å². The maximum atomic E-state index is 14.4. The largest absolute Gasteiger partial charge is 0.416 e. The van der Waals surface area contributed by atoms with Crippen LogP contribution in [0.4, 0.5) is 13.2 Å². The van der Waals surface area contributed by atoms with Gasteiger partial charge in [0.15, 0.2) is 11.6 Å². The van der Waals surface area contributed by atoms with Gasteiger partial charge in [0.1, 0.15) is 23.3 Å². The summed E-state index contributed by atoms with van der Waals surface area (Å²) in [5.74, 6) is 3.45. The quantitative estimate of drug-likeness (QED) is 0.168. The summed E-state index contributed by atoms with van der Waals surface area (Å²) < 4.78 is 47.2. The van der Waals surface area contributed by atoms with Gasteiger partial charge in [-0.25, -0.2) is 29.9 Å². The topological polar surface area (TPSA) is 135 Å². The van der Waals surface area contributed by atoms with Crippen LogP contribution in [0.3, 0.4) is 0 Å². The molecule has 6 aromatic carbocycles. The Morgan fingerprint density at radius 1 is 0.468 bits per heavy atom. The first kappa shape index (κ1) is 37.9. The van der Waals surface area contributed by atoms with Crippen molar-refractivity contribution < 1.29 is 13.2 Å². The van der Waals surface area contributed by atoms with Gasteiger partial charge in [0, 0.05) is 38.2 Å². The lowest BCUT2D eigenvalue weighted by Crippen LogP contribution is -2.07. The molecular weight excluding hydrogens is 786 g/mol. The Hall–Kier alpha value is -8.29. The SMILES string of the molecule is Cc1nc(C)nc(-c2ccc3c(c2)c2ccccc2n3-c2cc(C#N)c(-c3cc(C#N)cc(C(F)(F)F)c3)cc2-n2c3ccccc3c3cc(-c4nc(C)nc(C)n4)ccc32)n1. The number of hydrogen-bond donors (Lipinski definition) is 0. The summed E-state index contributed by atoms with van der Waals surface area (Å²) in [7, 11) is 0. The van der Waals surface area contributed by atoms with Crippen LogP contribution in [0.5, 0.6) is 0 Å². The molecule has 13 heteroatoms. The molecule has 10 aromatic rings. The van der Waals surface area contributed by atoms with Gasteiger partial charge in [-0.05, 0) is 112 Å². The van der Waals surface area contributed by atoms with Crippen LogP contribution < -0.4 is 0 Å². The molecule has 0 atom stereocenters. The van der Waals surface area contributed by atoms with Crippen LogP contribution in [0.2, 0.25) is 0 Å². The molecule has 0 unspecified atom stereocenters. The number of aromatic nitrogens is 8. The number of hydrogen-bond acceptors (Lipinski definition) is 8. The molecule has 0 spiro atoms. The third kappa shape index (κ3) is 6.26. The van der Waals surface area contributed by atoms with E-state index in [1.807, 2.05) is 119 Å². The molecular formula is C49H31F3N10. The van der Waals surface area contributed by atoms with Crippen LogP contribution in [-0.4, -0.2) is 39.0 Å². The first-order valence-electron chi connectivity index (χ1n) is 19.6. The Bertz CT molecular complexity index is 3570. The molecule has 10 rings (SSSR count). The van der Waals surface area contributed by atoms with Crippen LogP contribution in [0, 0.1) is 50.4 Å². The molecule has 0 saturated heterocycles. The molecule has 0 bridgehead atoms. The summed E-state index contributed by atoms with van der Waals surface area (Å²) in [5, 5.41) is 24.3. The third-order valence-electron chi connectivity index (χ3n) is 11.0. The first-order valence-corrected chi connectivity index (χ1v) is 19.6. The summed E-state index contributed by atoms with van der Waals surface area (Å²) >= 11 is 0. The van der Waals surface area contributed by atoms with Crippen molar-refractivity contribution in [2.24, 2.45) is 0 Å². The van der Waals surface area contributed by atoms with Gasteiger partial charge in [-0.15, -0.1) is 0 Å². The monoisotopic (exact) mass is 816 g/mol. The Morgan fingerprint density at radius 3 is 1.40 bits per heavy atom. The van der Waals surface area contributed by atoms with E-state index in [2.05, 4.69) is 45.1 Å². The maximum absolute atomic E-state index is 14.4. The first-order chi connectivity index (χ1) is 29.9. The highest BCUT2D eigenvalue weighted by Gasteiger charge is 2.32. The zero-order valence-electron chi connectivity index (χ0n) is 33.6. The number of benzene rings is 6. The minimum atomic E-state index is -4.74. The predicted molar refractivity (Wildman–Crippen MR) is 232 cm³/mol. The lowest BCUT2D eigenvalue weighted by Gasteiger charge is -2.20. The zero-order chi connectivity index (χ0) is 43.0. The number of halogens is 3. The second-order valence-electron chi connectivity index (χ2n) is 15.1. The zero-order valence-corrected chi connectivity index (χ0v) is 33.6.